The van der Waals surface area contributed by atoms with Gasteiger partial charge in [0.2, 0.25) is 0 Å². The summed E-state index contributed by atoms with van der Waals surface area (Å²) in [4.78, 5) is 12.9. The Balaban J connectivity index is 2.13. The van der Waals surface area contributed by atoms with Crippen LogP contribution >= 0.6 is 0 Å². The summed E-state index contributed by atoms with van der Waals surface area (Å²) in [5.41, 5.74) is 1.84. The number of rotatable bonds is 4. The highest BCUT2D eigenvalue weighted by Gasteiger charge is 2.20. The van der Waals surface area contributed by atoms with Crippen molar-refractivity contribution >= 4 is 11.4 Å². The van der Waals surface area contributed by atoms with Crippen LogP contribution in [-0.4, -0.2) is 31.6 Å². The van der Waals surface area contributed by atoms with Crippen LogP contribution in [0.2, 0.25) is 0 Å². The molecule has 5 heteroatoms. The van der Waals surface area contributed by atoms with Gasteiger partial charge in [-0.1, -0.05) is 6.07 Å². The van der Waals surface area contributed by atoms with Gasteiger partial charge in [0.25, 0.3) is 5.69 Å². The summed E-state index contributed by atoms with van der Waals surface area (Å²) in [6.45, 7) is 4.86. The van der Waals surface area contributed by atoms with Crippen LogP contribution in [0, 0.1) is 23.0 Å². The normalized spacial score (nSPS) is 16.3. The topological polar surface area (TPSA) is 58.4 Å². The van der Waals surface area contributed by atoms with Crippen molar-refractivity contribution in [2.24, 2.45) is 5.92 Å². The van der Waals surface area contributed by atoms with Crippen molar-refractivity contribution in [3.05, 3.63) is 33.9 Å². The van der Waals surface area contributed by atoms with E-state index < -0.39 is 0 Å². The molecule has 5 nitrogen and oxygen atoms in total. The van der Waals surface area contributed by atoms with Gasteiger partial charge in [-0.05, 0) is 50.4 Å². The van der Waals surface area contributed by atoms with E-state index in [9.17, 15) is 10.1 Å². The zero-order valence-corrected chi connectivity index (χ0v) is 11.6. The van der Waals surface area contributed by atoms with Crippen molar-refractivity contribution in [2.45, 2.75) is 19.8 Å². The Bertz CT molecular complexity index is 456. The van der Waals surface area contributed by atoms with Crippen LogP contribution in [0.5, 0.6) is 0 Å². The van der Waals surface area contributed by atoms with E-state index in [0.717, 1.165) is 38.0 Å². The number of hydrogen-bond acceptors (Lipinski definition) is 4. The van der Waals surface area contributed by atoms with Crippen LogP contribution in [0.3, 0.4) is 0 Å². The number of aryl methyl sites for hydroxylation is 1. The van der Waals surface area contributed by atoms with E-state index in [1.165, 1.54) is 0 Å². The van der Waals surface area contributed by atoms with E-state index in [1.807, 2.05) is 31.0 Å². The summed E-state index contributed by atoms with van der Waals surface area (Å²) < 4.78 is 0. The molecule has 0 unspecified atom stereocenters. The first-order chi connectivity index (χ1) is 9.08. The van der Waals surface area contributed by atoms with Gasteiger partial charge in [-0.2, -0.15) is 0 Å². The lowest BCUT2D eigenvalue weighted by atomic mass is 9.97. The van der Waals surface area contributed by atoms with Crippen LogP contribution in [0.25, 0.3) is 0 Å². The zero-order chi connectivity index (χ0) is 13.8. The van der Waals surface area contributed by atoms with Gasteiger partial charge in [-0.15, -0.1) is 0 Å². The molecule has 0 aromatic heterocycles. The van der Waals surface area contributed by atoms with Crippen molar-refractivity contribution in [1.29, 1.82) is 0 Å². The van der Waals surface area contributed by atoms with E-state index in [2.05, 4.69) is 5.32 Å². The summed E-state index contributed by atoms with van der Waals surface area (Å²) in [7, 11) is 1.94. The summed E-state index contributed by atoms with van der Waals surface area (Å²) in [5.74, 6) is 0.618. The number of nitrogens with one attached hydrogen (secondary N) is 1. The Morgan fingerprint density at radius 2 is 2.11 bits per heavy atom. The maximum Gasteiger partial charge on any atom is 0.292 e. The minimum atomic E-state index is -0.290. The molecule has 1 aliphatic heterocycles. The number of anilines is 1. The van der Waals surface area contributed by atoms with Gasteiger partial charge in [0.1, 0.15) is 5.69 Å². The highest BCUT2D eigenvalue weighted by Crippen LogP contribution is 2.29. The molecule has 0 amide bonds. The van der Waals surface area contributed by atoms with Crippen molar-refractivity contribution in [3.8, 4) is 0 Å². The molecule has 1 saturated heterocycles. The Hall–Kier alpha value is -1.62. The molecule has 19 heavy (non-hydrogen) atoms. The highest BCUT2D eigenvalue weighted by atomic mass is 16.6. The molecule has 1 aromatic rings. The molecular formula is C14H21N3O2. The molecule has 0 bridgehead atoms. The number of piperidine rings is 1. The summed E-state index contributed by atoms with van der Waals surface area (Å²) in [6, 6.07) is 5.43. The molecular weight excluding hydrogens is 242 g/mol. The van der Waals surface area contributed by atoms with E-state index in [-0.39, 0.29) is 10.6 Å². The number of hydrogen-bond donors (Lipinski definition) is 1. The predicted octanol–water partition coefficient (Wildman–Crippen LogP) is 2.34. The van der Waals surface area contributed by atoms with E-state index in [1.54, 1.807) is 6.07 Å². The van der Waals surface area contributed by atoms with Gasteiger partial charge in [-0.3, -0.25) is 10.1 Å². The Morgan fingerprint density at radius 1 is 1.42 bits per heavy atom. The molecule has 1 aliphatic rings. The standard InChI is InChI=1S/C14H21N3O2/c1-11-3-4-13(14(9-11)17(18)19)16(2)10-12-5-7-15-8-6-12/h3-4,9,12,15H,5-8,10H2,1-2H3. The first kappa shape index (κ1) is 13.8. The first-order valence-corrected chi connectivity index (χ1v) is 6.75. The molecule has 0 spiro atoms. The van der Waals surface area contributed by atoms with Crippen LogP contribution in [0.4, 0.5) is 11.4 Å². The third-order valence-corrected chi connectivity index (χ3v) is 3.73. The lowest BCUT2D eigenvalue weighted by molar-refractivity contribution is -0.384. The SMILES string of the molecule is Cc1ccc(N(C)CC2CCNCC2)c([N+](=O)[O-])c1. The first-order valence-electron chi connectivity index (χ1n) is 6.75. The van der Waals surface area contributed by atoms with Gasteiger partial charge in [-0.25, -0.2) is 0 Å². The van der Waals surface area contributed by atoms with Crippen LogP contribution < -0.4 is 10.2 Å². The number of nitrogens with zero attached hydrogens (tertiary/aromatic N) is 2. The van der Waals surface area contributed by atoms with Crippen LogP contribution in [0.15, 0.2) is 18.2 Å². The molecule has 1 aromatic carbocycles. The minimum absolute atomic E-state index is 0.205. The van der Waals surface area contributed by atoms with E-state index >= 15 is 0 Å². The maximum absolute atomic E-state index is 11.1. The Morgan fingerprint density at radius 3 is 2.74 bits per heavy atom. The predicted molar refractivity (Wildman–Crippen MR) is 76.7 cm³/mol. The maximum atomic E-state index is 11.1. The molecule has 1 fully saturated rings. The minimum Gasteiger partial charge on any atom is -0.369 e. The smallest absolute Gasteiger partial charge is 0.292 e. The molecule has 2 rings (SSSR count). The van der Waals surface area contributed by atoms with Crippen molar-refractivity contribution in [1.82, 2.24) is 5.32 Å². The number of nitro benzene ring substituents is 1. The fraction of sp³-hybridized carbons (Fsp3) is 0.571. The average molecular weight is 263 g/mol. The third kappa shape index (κ3) is 3.44. The molecule has 0 atom stereocenters. The largest absolute Gasteiger partial charge is 0.369 e. The second-order valence-corrected chi connectivity index (χ2v) is 5.32. The number of nitro groups is 1. The van der Waals surface area contributed by atoms with Gasteiger partial charge in [0.05, 0.1) is 4.92 Å². The molecule has 0 saturated carbocycles. The van der Waals surface area contributed by atoms with Gasteiger partial charge < -0.3 is 10.2 Å². The average Bonchev–Trinajstić information content (AvgIpc) is 2.39. The molecule has 104 valence electrons. The summed E-state index contributed by atoms with van der Waals surface area (Å²) in [6.07, 6.45) is 2.29. The van der Waals surface area contributed by atoms with Crippen molar-refractivity contribution in [3.63, 3.8) is 0 Å². The monoisotopic (exact) mass is 263 g/mol. The third-order valence-electron chi connectivity index (χ3n) is 3.73. The summed E-state index contributed by atoms with van der Waals surface area (Å²) >= 11 is 0. The Kier molecular flexibility index (Phi) is 4.37. The second-order valence-electron chi connectivity index (χ2n) is 5.32. The Labute approximate surface area is 113 Å². The van der Waals surface area contributed by atoms with Crippen LogP contribution in [-0.2, 0) is 0 Å². The summed E-state index contributed by atoms with van der Waals surface area (Å²) in [5, 5.41) is 14.5. The number of benzene rings is 1. The van der Waals surface area contributed by atoms with Gasteiger partial charge >= 0.3 is 0 Å². The van der Waals surface area contributed by atoms with Crippen LogP contribution in [0.1, 0.15) is 18.4 Å². The fourth-order valence-electron chi connectivity index (χ4n) is 2.65. The molecule has 0 aliphatic carbocycles. The molecule has 0 radical (unpaired) electrons. The van der Waals surface area contributed by atoms with E-state index in [4.69, 9.17) is 0 Å². The second kappa shape index (κ2) is 6.02. The van der Waals surface area contributed by atoms with Crippen molar-refractivity contribution in [2.75, 3.05) is 31.6 Å². The fourth-order valence-corrected chi connectivity index (χ4v) is 2.65. The van der Waals surface area contributed by atoms with Gasteiger partial charge in [0.15, 0.2) is 0 Å². The molecule has 1 N–H and O–H groups in total. The highest BCUT2D eigenvalue weighted by molar-refractivity contribution is 5.63. The zero-order valence-electron chi connectivity index (χ0n) is 11.6. The molecule has 1 heterocycles. The lowest BCUT2D eigenvalue weighted by Gasteiger charge is -2.28. The van der Waals surface area contributed by atoms with Crippen molar-refractivity contribution < 1.29 is 4.92 Å². The van der Waals surface area contributed by atoms with E-state index in [0.29, 0.717) is 11.6 Å². The van der Waals surface area contributed by atoms with Gasteiger partial charge in [0, 0.05) is 19.7 Å². The quantitative estimate of drug-likeness (QED) is 0.669. The lowest BCUT2D eigenvalue weighted by Crippen LogP contribution is -2.34.